The number of aromatic amines is 1. The first kappa shape index (κ1) is 21.1. The molecule has 1 aromatic carbocycles. The third-order valence-corrected chi connectivity index (χ3v) is 5.29. The Balaban J connectivity index is 1.36. The van der Waals surface area contributed by atoms with Crippen LogP contribution in [0.2, 0.25) is 5.02 Å². The maximum Gasteiger partial charge on any atom is 0.274 e. The monoisotopic (exact) mass is 443 g/mol. The van der Waals surface area contributed by atoms with Crippen molar-refractivity contribution in [3.63, 3.8) is 0 Å². The molecule has 0 bridgehead atoms. The van der Waals surface area contributed by atoms with Crippen LogP contribution in [0, 0.1) is 0 Å². The maximum absolute atomic E-state index is 12.8. The van der Waals surface area contributed by atoms with E-state index in [9.17, 15) is 9.59 Å². The fourth-order valence-corrected chi connectivity index (χ4v) is 3.49. The molecule has 0 saturated carbocycles. The summed E-state index contributed by atoms with van der Waals surface area (Å²) in [7, 11) is 1.52. The summed E-state index contributed by atoms with van der Waals surface area (Å²) in [6, 6.07) is 12.0. The molecule has 1 N–H and O–H groups in total. The normalized spacial score (nSPS) is 16.3. The number of hydrogen-bond acceptors (Lipinski definition) is 6. The zero-order valence-corrected chi connectivity index (χ0v) is 17.7. The lowest BCUT2D eigenvalue weighted by Crippen LogP contribution is -2.43. The van der Waals surface area contributed by atoms with Crippen molar-refractivity contribution in [1.82, 2.24) is 24.9 Å². The summed E-state index contributed by atoms with van der Waals surface area (Å²) in [5.74, 6) is 0.397. The van der Waals surface area contributed by atoms with Crippen LogP contribution in [0.3, 0.4) is 0 Å². The van der Waals surface area contributed by atoms with Crippen molar-refractivity contribution >= 4 is 17.5 Å². The number of halogens is 1. The Morgan fingerprint density at radius 1 is 1.32 bits per heavy atom. The molecular weight excluding hydrogens is 422 g/mol. The summed E-state index contributed by atoms with van der Waals surface area (Å²) in [5.41, 5.74) is 1.58. The van der Waals surface area contributed by atoms with E-state index in [0.717, 1.165) is 16.1 Å². The Labute approximate surface area is 183 Å². The number of hydrogen-bond donors (Lipinski definition) is 1. The summed E-state index contributed by atoms with van der Waals surface area (Å²) in [6.45, 7) is 1.63. The van der Waals surface area contributed by atoms with Gasteiger partial charge in [-0.25, -0.2) is 4.68 Å². The van der Waals surface area contributed by atoms with Crippen LogP contribution in [0.25, 0.3) is 0 Å². The third kappa shape index (κ3) is 4.95. The van der Waals surface area contributed by atoms with E-state index in [1.807, 2.05) is 24.3 Å². The minimum absolute atomic E-state index is 0.224. The fourth-order valence-electron chi connectivity index (χ4n) is 3.30. The van der Waals surface area contributed by atoms with Gasteiger partial charge in [0.1, 0.15) is 17.5 Å². The van der Waals surface area contributed by atoms with Crippen molar-refractivity contribution in [2.45, 2.75) is 12.5 Å². The molecule has 1 amide bonds. The van der Waals surface area contributed by atoms with Gasteiger partial charge in [0, 0.05) is 31.8 Å². The van der Waals surface area contributed by atoms with E-state index in [1.165, 1.54) is 19.2 Å². The van der Waals surface area contributed by atoms with Gasteiger partial charge in [-0.2, -0.15) is 10.2 Å². The van der Waals surface area contributed by atoms with Crippen molar-refractivity contribution in [2.75, 3.05) is 26.3 Å². The van der Waals surface area contributed by atoms with Gasteiger partial charge in [0.25, 0.3) is 11.5 Å². The molecule has 4 rings (SSSR count). The molecule has 10 heteroatoms. The molecule has 1 atom stereocenters. The predicted molar refractivity (Wildman–Crippen MR) is 113 cm³/mol. The highest BCUT2D eigenvalue weighted by Crippen LogP contribution is 2.24. The minimum atomic E-state index is -0.347. The second kappa shape index (κ2) is 9.32. The lowest BCUT2D eigenvalue weighted by Gasteiger charge is -2.31. The van der Waals surface area contributed by atoms with Gasteiger partial charge in [0.15, 0.2) is 0 Å². The third-order valence-electron chi connectivity index (χ3n) is 4.98. The number of morpholine rings is 1. The fraction of sp³-hybridized carbons (Fsp3) is 0.333. The molecule has 1 unspecified atom stereocenters. The van der Waals surface area contributed by atoms with E-state index in [4.69, 9.17) is 21.1 Å². The van der Waals surface area contributed by atoms with Crippen LogP contribution in [0.15, 0.2) is 47.3 Å². The van der Waals surface area contributed by atoms with Gasteiger partial charge in [-0.15, -0.1) is 0 Å². The lowest BCUT2D eigenvalue weighted by atomic mass is 10.1. The molecule has 0 spiro atoms. The molecule has 1 saturated heterocycles. The largest absolute Gasteiger partial charge is 0.492 e. The van der Waals surface area contributed by atoms with Crippen molar-refractivity contribution < 1.29 is 14.3 Å². The van der Waals surface area contributed by atoms with Crippen molar-refractivity contribution in [1.29, 1.82) is 0 Å². The SMILES string of the molecule is Cn1nc(C(=O)N2CCOC(c3cc(CCOc4ccccc4Cl)[nH]n3)C2)ccc1=O. The van der Waals surface area contributed by atoms with Gasteiger partial charge in [0.05, 0.1) is 30.5 Å². The van der Waals surface area contributed by atoms with Crippen molar-refractivity contribution in [3.8, 4) is 5.75 Å². The maximum atomic E-state index is 12.8. The van der Waals surface area contributed by atoms with E-state index in [-0.39, 0.29) is 23.3 Å². The first-order chi connectivity index (χ1) is 15.0. The summed E-state index contributed by atoms with van der Waals surface area (Å²) < 4.78 is 12.7. The van der Waals surface area contributed by atoms with Gasteiger partial charge in [-0.05, 0) is 24.3 Å². The summed E-state index contributed by atoms with van der Waals surface area (Å²) in [6.07, 6.45) is 0.273. The number of carbonyl (C=O) groups excluding carboxylic acids is 1. The molecule has 31 heavy (non-hydrogen) atoms. The number of amides is 1. The Hall–Kier alpha value is -3.17. The summed E-state index contributed by atoms with van der Waals surface area (Å²) >= 11 is 6.10. The van der Waals surface area contributed by atoms with Crippen LogP contribution in [-0.2, 0) is 18.2 Å². The van der Waals surface area contributed by atoms with E-state index >= 15 is 0 Å². The molecule has 2 aromatic heterocycles. The quantitative estimate of drug-likeness (QED) is 0.625. The van der Waals surface area contributed by atoms with Crippen LogP contribution >= 0.6 is 11.6 Å². The lowest BCUT2D eigenvalue weighted by molar-refractivity contribution is -0.0250. The average Bonchev–Trinajstić information content (AvgIpc) is 3.26. The molecule has 1 fully saturated rings. The highest BCUT2D eigenvalue weighted by molar-refractivity contribution is 6.32. The van der Waals surface area contributed by atoms with Gasteiger partial charge in [-0.1, -0.05) is 23.7 Å². The molecule has 0 aliphatic carbocycles. The van der Waals surface area contributed by atoms with Gasteiger partial charge >= 0.3 is 0 Å². The number of aromatic nitrogens is 4. The number of nitrogens with zero attached hydrogens (tertiary/aromatic N) is 4. The molecule has 3 aromatic rings. The van der Waals surface area contributed by atoms with E-state index in [2.05, 4.69) is 15.3 Å². The van der Waals surface area contributed by atoms with E-state index in [1.54, 1.807) is 11.0 Å². The molecule has 1 aliphatic rings. The first-order valence-corrected chi connectivity index (χ1v) is 10.3. The van der Waals surface area contributed by atoms with Crippen molar-refractivity contribution in [3.05, 3.63) is 74.9 Å². The van der Waals surface area contributed by atoms with Crippen LogP contribution < -0.4 is 10.3 Å². The zero-order chi connectivity index (χ0) is 21.8. The standard InChI is InChI=1S/C21H22ClN5O4/c1-26-20(28)7-6-16(25-26)21(29)27-9-11-31-19(13-27)17-12-14(23-24-17)8-10-30-18-5-3-2-4-15(18)22/h2-7,12,19H,8-11,13H2,1H3,(H,23,24). The molecule has 162 valence electrons. The number of ether oxygens (including phenoxy) is 2. The Morgan fingerprint density at radius 3 is 2.97 bits per heavy atom. The number of para-hydroxylation sites is 1. The smallest absolute Gasteiger partial charge is 0.274 e. The zero-order valence-electron chi connectivity index (χ0n) is 17.0. The van der Waals surface area contributed by atoms with Gasteiger partial charge < -0.3 is 14.4 Å². The molecular formula is C21H22ClN5O4. The Kier molecular flexibility index (Phi) is 6.34. The number of benzene rings is 1. The minimum Gasteiger partial charge on any atom is -0.492 e. The number of carbonyl (C=O) groups is 1. The van der Waals surface area contributed by atoms with Gasteiger partial charge in [0.2, 0.25) is 0 Å². The number of nitrogens with one attached hydrogen (secondary N) is 1. The highest BCUT2D eigenvalue weighted by Gasteiger charge is 2.28. The van der Waals surface area contributed by atoms with Crippen LogP contribution in [-0.4, -0.2) is 57.1 Å². The molecule has 0 radical (unpaired) electrons. The molecule has 3 heterocycles. The van der Waals surface area contributed by atoms with Crippen LogP contribution in [0.4, 0.5) is 0 Å². The Bertz CT molecular complexity index is 1130. The van der Waals surface area contributed by atoms with E-state index < -0.39 is 0 Å². The van der Waals surface area contributed by atoms with Crippen molar-refractivity contribution in [2.24, 2.45) is 7.05 Å². The second-order valence-corrected chi connectivity index (χ2v) is 7.55. The highest BCUT2D eigenvalue weighted by atomic mass is 35.5. The van der Waals surface area contributed by atoms with Crippen LogP contribution in [0.1, 0.15) is 28.0 Å². The summed E-state index contributed by atoms with van der Waals surface area (Å²) in [4.78, 5) is 26.0. The predicted octanol–water partition coefficient (Wildman–Crippen LogP) is 1.99. The second-order valence-electron chi connectivity index (χ2n) is 7.14. The Morgan fingerprint density at radius 2 is 2.16 bits per heavy atom. The summed E-state index contributed by atoms with van der Waals surface area (Å²) in [5, 5.41) is 12.0. The van der Waals surface area contributed by atoms with Crippen LogP contribution in [0.5, 0.6) is 5.75 Å². The average molecular weight is 444 g/mol. The van der Waals surface area contributed by atoms with Gasteiger partial charge in [-0.3, -0.25) is 14.7 Å². The number of rotatable bonds is 6. The molecule has 9 nitrogen and oxygen atoms in total. The first-order valence-electron chi connectivity index (χ1n) is 9.88. The molecule has 1 aliphatic heterocycles. The number of H-pyrrole nitrogens is 1. The number of aryl methyl sites for hydroxylation is 1. The topological polar surface area (TPSA) is 102 Å². The van der Waals surface area contributed by atoms with E-state index in [0.29, 0.717) is 43.5 Å².